The van der Waals surface area contributed by atoms with Crippen molar-refractivity contribution in [2.75, 3.05) is 25.0 Å². The number of hydroxylamine groups is 2. The van der Waals surface area contributed by atoms with Gasteiger partial charge in [0.05, 0.1) is 29.8 Å². The van der Waals surface area contributed by atoms with Crippen LogP contribution in [0.3, 0.4) is 0 Å². The normalized spacial score (nSPS) is 11.8. The van der Waals surface area contributed by atoms with Gasteiger partial charge in [-0.1, -0.05) is 18.2 Å². The zero-order chi connectivity index (χ0) is 21.8. The van der Waals surface area contributed by atoms with Gasteiger partial charge in [-0.3, -0.25) is 13.9 Å². The summed E-state index contributed by atoms with van der Waals surface area (Å²) in [5, 5.41) is 0.917. The molecule has 0 unspecified atom stereocenters. The smallest absolute Gasteiger partial charge is 0.274 e. The molecule has 156 valence electrons. The number of amides is 1. The van der Waals surface area contributed by atoms with Crippen molar-refractivity contribution in [2.45, 2.75) is 11.1 Å². The van der Waals surface area contributed by atoms with E-state index >= 15 is 0 Å². The van der Waals surface area contributed by atoms with Crippen molar-refractivity contribution in [1.29, 1.82) is 0 Å². The summed E-state index contributed by atoms with van der Waals surface area (Å²) >= 11 is 0. The lowest BCUT2D eigenvalue weighted by atomic mass is 10.2. The third-order valence-electron chi connectivity index (χ3n) is 3.99. The van der Waals surface area contributed by atoms with Crippen molar-refractivity contribution < 1.29 is 31.2 Å². The molecule has 2 rings (SSSR count). The Morgan fingerprint density at radius 3 is 2.41 bits per heavy atom. The molecule has 0 aliphatic heterocycles. The first-order valence-electron chi connectivity index (χ1n) is 8.25. The molecular formula is C19H19F3N2O4S. The summed E-state index contributed by atoms with van der Waals surface area (Å²) in [4.78, 5) is 16.8. The molecule has 0 spiro atoms. The van der Waals surface area contributed by atoms with Gasteiger partial charge in [0, 0.05) is 12.6 Å². The highest BCUT2D eigenvalue weighted by molar-refractivity contribution is 7.92. The predicted octanol–water partition coefficient (Wildman–Crippen LogP) is 3.72. The second-order valence-electron chi connectivity index (χ2n) is 5.89. The molecule has 0 aromatic heterocycles. The first-order chi connectivity index (χ1) is 13.5. The Bertz CT molecular complexity index is 1010. The molecule has 0 fully saturated rings. The van der Waals surface area contributed by atoms with E-state index in [0.29, 0.717) is 0 Å². The van der Waals surface area contributed by atoms with Gasteiger partial charge in [0.15, 0.2) is 0 Å². The number of hydrogen-bond donors (Lipinski definition) is 0. The lowest BCUT2D eigenvalue weighted by Gasteiger charge is -2.24. The Hall–Kier alpha value is -2.85. The van der Waals surface area contributed by atoms with Gasteiger partial charge < -0.3 is 0 Å². The van der Waals surface area contributed by atoms with Crippen LogP contribution in [0.5, 0.6) is 0 Å². The van der Waals surface area contributed by atoms with Crippen molar-refractivity contribution >= 4 is 21.6 Å². The van der Waals surface area contributed by atoms with Crippen LogP contribution in [0, 0.1) is 0 Å². The van der Waals surface area contributed by atoms with E-state index in [2.05, 4.69) is 6.58 Å². The minimum absolute atomic E-state index is 0.0398. The minimum atomic E-state index is -4.63. The SMILES string of the molecule is C=CCN(c1cccc(C(F)(F)F)c1)S(=O)(=O)c1cccc(C(=O)N(C)OC)c1. The third-order valence-corrected chi connectivity index (χ3v) is 5.78. The van der Waals surface area contributed by atoms with Crippen molar-refractivity contribution in [3.63, 3.8) is 0 Å². The monoisotopic (exact) mass is 428 g/mol. The average Bonchev–Trinajstić information content (AvgIpc) is 2.70. The van der Waals surface area contributed by atoms with Gasteiger partial charge >= 0.3 is 6.18 Å². The number of anilines is 1. The highest BCUT2D eigenvalue weighted by atomic mass is 32.2. The number of rotatable bonds is 7. The molecular weight excluding hydrogens is 409 g/mol. The number of alkyl halides is 3. The summed E-state index contributed by atoms with van der Waals surface area (Å²) in [5.41, 5.74) is -1.12. The first kappa shape index (κ1) is 22.4. The Morgan fingerprint density at radius 1 is 1.17 bits per heavy atom. The van der Waals surface area contributed by atoms with Crippen LogP contribution in [0.2, 0.25) is 0 Å². The highest BCUT2D eigenvalue weighted by Gasteiger charge is 2.32. The van der Waals surface area contributed by atoms with Crippen molar-refractivity contribution in [2.24, 2.45) is 0 Å². The van der Waals surface area contributed by atoms with Crippen LogP contribution in [-0.4, -0.2) is 40.1 Å². The van der Waals surface area contributed by atoms with Crippen LogP contribution in [0.15, 0.2) is 66.1 Å². The zero-order valence-corrected chi connectivity index (χ0v) is 16.5. The summed E-state index contributed by atoms with van der Waals surface area (Å²) in [6.07, 6.45) is -3.37. The van der Waals surface area contributed by atoms with Crippen LogP contribution < -0.4 is 4.31 Å². The molecule has 2 aromatic rings. The van der Waals surface area contributed by atoms with Gasteiger partial charge in [-0.2, -0.15) is 13.2 Å². The maximum absolute atomic E-state index is 13.1. The number of carbonyl (C=O) groups is 1. The van der Waals surface area contributed by atoms with Crippen molar-refractivity contribution in [1.82, 2.24) is 5.06 Å². The van der Waals surface area contributed by atoms with Gasteiger partial charge in [-0.25, -0.2) is 13.5 Å². The lowest BCUT2D eigenvalue weighted by molar-refractivity contribution is -0.137. The van der Waals surface area contributed by atoms with Gasteiger partial charge in [0.25, 0.3) is 15.9 Å². The average molecular weight is 428 g/mol. The number of hydrogen-bond acceptors (Lipinski definition) is 4. The predicted molar refractivity (Wildman–Crippen MR) is 102 cm³/mol. The largest absolute Gasteiger partial charge is 0.416 e. The quantitative estimate of drug-likeness (QED) is 0.498. The summed E-state index contributed by atoms with van der Waals surface area (Å²) in [7, 11) is -1.65. The molecule has 0 aliphatic rings. The van der Waals surface area contributed by atoms with Crippen molar-refractivity contribution in [3.05, 3.63) is 72.3 Å². The third kappa shape index (κ3) is 4.96. The Balaban J connectivity index is 2.54. The second-order valence-corrected chi connectivity index (χ2v) is 7.75. The standard InChI is InChI=1S/C19H19F3N2O4S/c1-4-11-24(16-9-6-8-15(13-16)19(20,21)22)29(26,27)17-10-5-7-14(12-17)18(25)23(2)28-3/h4-10,12-13H,1,11H2,2-3H3. The summed E-state index contributed by atoms with van der Waals surface area (Å²) in [5.74, 6) is -0.584. The number of benzene rings is 2. The van der Waals surface area contributed by atoms with Gasteiger partial charge in [0.1, 0.15) is 0 Å². The van der Waals surface area contributed by atoms with Crippen LogP contribution in [0.25, 0.3) is 0 Å². The fraction of sp³-hybridized carbons (Fsp3) is 0.211. The molecule has 6 nitrogen and oxygen atoms in total. The fourth-order valence-electron chi connectivity index (χ4n) is 2.48. The highest BCUT2D eigenvalue weighted by Crippen LogP contribution is 2.33. The van der Waals surface area contributed by atoms with E-state index in [4.69, 9.17) is 4.84 Å². The summed E-state index contributed by atoms with van der Waals surface area (Å²) < 4.78 is 66.2. The number of sulfonamides is 1. The molecule has 0 radical (unpaired) electrons. The zero-order valence-electron chi connectivity index (χ0n) is 15.7. The molecule has 1 amide bonds. The molecule has 0 saturated heterocycles. The number of carbonyl (C=O) groups excluding carboxylic acids is 1. The van der Waals surface area contributed by atoms with E-state index < -0.39 is 27.7 Å². The van der Waals surface area contributed by atoms with E-state index in [-0.39, 0.29) is 22.7 Å². The maximum atomic E-state index is 13.1. The Labute approximate surface area is 166 Å². The topological polar surface area (TPSA) is 66.9 Å². The van der Waals surface area contributed by atoms with E-state index in [1.54, 1.807) is 0 Å². The van der Waals surface area contributed by atoms with Crippen LogP contribution in [-0.2, 0) is 21.0 Å². The minimum Gasteiger partial charge on any atom is -0.274 e. The number of nitrogens with zero attached hydrogens (tertiary/aromatic N) is 2. The molecule has 2 aromatic carbocycles. The van der Waals surface area contributed by atoms with E-state index in [0.717, 1.165) is 33.6 Å². The fourth-order valence-corrected chi connectivity index (χ4v) is 3.95. The van der Waals surface area contributed by atoms with Gasteiger partial charge in [0.2, 0.25) is 0 Å². The Kier molecular flexibility index (Phi) is 6.70. The van der Waals surface area contributed by atoms with Crippen molar-refractivity contribution in [3.8, 4) is 0 Å². The molecule has 0 aliphatic carbocycles. The van der Waals surface area contributed by atoms with Crippen LogP contribution in [0.1, 0.15) is 15.9 Å². The summed E-state index contributed by atoms with van der Waals surface area (Å²) in [6.45, 7) is 3.21. The molecule has 0 saturated carbocycles. The molecule has 29 heavy (non-hydrogen) atoms. The summed E-state index contributed by atoms with van der Waals surface area (Å²) in [6, 6.07) is 9.12. The second kappa shape index (κ2) is 8.66. The first-order valence-corrected chi connectivity index (χ1v) is 9.69. The molecule has 0 bridgehead atoms. The van der Waals surface area contributed by atoms with Gasteiger partial charge in [-0.05, 0) is 36.4 Å². The lowest BCUT2D eigenvalue weighted by Crippen LogP contribution is -2.32. The molecule has 10 heteroatoms. The molecule has 0 N–H and O–H groups in total. The van der Waals surface area contributed by atoms with E-state index in [1.165, 1.54) is 44.5 Å². The van der Waals surface area contributed by atoms with E-state index in [9.17, 15) is 26.4 Å². The number of halogens is 3. The van der Waals surface area contributed by atoms with Crippen LogP contribution in [0.4, 0.5) is 18.9 Å². The molecule has 0 heterocycles. The molecule has 0 atom stereocenters. The van der Waals surface area contributed by atoms with E-state index in [1.807, 2.05) is 0 Å². The van der Waals surface area contributed by atoms with Gasteiger partial charge in [-0.15, -0.1) is 6.58 Å². The maximum Gasteiger partial charge on any atom is 0.416 e. The Morgan fingerprint density at radius 2 is 1.83 bits per heavy atom. The van der Waals surface area contributed by atoms with Crippen LogP contribution >= 0.6 is 0 Å².